The molecule has 6 heteroatoms. The third-order valence-corrected chi connectivity index (χ3v) is 4.46. The number of ether oxygens (including phenoxy) is 1. The van der Waals surface area contributed by atoms with Gasteiger partial charge in [0.1, 0.15) is 5.75 Å². The van der Waals surface area contributed by atoms with Gasteiger partial charge in [-0.3, -0.25) is 0 Å². The standard InChI is InChI=1S/C15H15BrCl2N2O/c1-8(2)21-13-7-9(3-5-11(13)19)20-12-6-4-10(16)14(17)15(12)18/h3-8,20H,19H2,1-2H3. The first-order valence-electron chi connectivity index (χ1n) is 6.35. The van der Waals surface area contributed by atoms with Crippen LogP contribution in [0.25, 0.3) is 0 Å². The Morgan fingerprint density at radius 2 is 1.86 bits per heavy atom. The van der Waals surface area contributed by atoms with Gasteiger partial charge in [-0.25, -0.2) is 0 Å². The van der Waals surface area contributed by atoms with Crippen molar-refractivity contribution < 1.29 is 4.74 Å². The van der Waals surface area contributed by atoms with Crippen LogP contribution >= 0.6 is 39.1 Å². The predicted molar refractivity (Wildman–Crippen MR) is 94.1 cm³/mol. The fourth-order valence-corrected chi connectivity index (χ4v) is 2.57. The molecular weight excluding hydrogens is 375 g/mol. The van der Waals surface area contributed by atoms with Crippen LogP contribution in [0, 0.1) is 0 Å². The SMILES string of the molecule is CC(C)Oc1cc(Nc2ccc(Br)c(Cl)c2Cl)ccc1N. The van der Waals surface area contributed by atoms with Gasteiger partial charge in [0.2, 0.25) is 0 Å². The van der Waals surface area contributed by atoms with Crippen LogP contribution < -0.4 is 15.8 Å². The molecule has 0 aromatic heterocycles. The van der Waals surface area contributed by atoms with E-state index in [0.29, 0.717) is 27.2 Å². The van der Waals surface area contributed by atoms with Crippen LogP contribution in [-0.2, 0) is 0 Å². The monoisotopic (exact) mass is 388 g/mol. The smallest absolute Gasteiger partial charge is 0.144 e. The summed E-state index contributed by atoms with van der Waals surface area (Å²) in [5.74, 6) is 0.634. The average Bonchev–Trinajstić information content (AvgIpc) is 2.42. The Bertz CT molecular complexity index is 662. The van der Waals surface area contributed by atoms with E-state index < -0.39 is 0 Å². The van der Waals surface area contributed by atoms with Gasteiger partial charge in [0.05, 0.1) is 27.5 Å². The van der Waals surface area contributed by atoms with Crippen molar-refractivity contribution in [1.82, 2.24) is 0 Å². The number of nitrogens with two attached hydrogens (primary N) is 1. The Labute approximate surface area is 142 Å². The van der Waals surface area contributed by atoms with Crippen molar-refractivity contribution in [2.24, 2.45) is 0 Å². The van der Waals surface area contributed by atoms with Crippen molar-refractivity contribution in [3.05, 3.63) is 44.8 Å². The number of hydrogen-bond acceptors (Lipinski definition) is 3. The van der Waals surface area contributed by atoms with Gasteiger partial charge in [0.25, 0.3) is 0 Å². The number of benzene rings is 2. The van der Waals surface area contributed by atoms with Gasteiger partial charge in [-0.2, -0.15) is 0 Å². The summed E-state index contributed by atoms with van der Waals surface area (Å²) in [7, 11) is 0. The lowest BCUT2D eigenvalue weighted by atomic mass is 10.2. The van der Waals surface area contributed by atoms with E-state index >= 15 is 0 Å². The summed E-state index contributed by atoms with van der Waals surface area (Å²) < 4.78 is 6.42. The lowest BCUT2D eigenvalue weighted by Gasteiger charge is -2.15. The molecule has 3 N–H and O–H groups in total. The maximum Gasteiger partial charge on any atom is 0.144 e. The molecule has 0 radical (unpaired) electrons. The van der Waals surface area contributed by atoms with Gasteiger partial charge < -0.3 is 15.8 Å². The maximum absolute atomic E-state index is 6.22. The molecule has 0 unspecified atom stereocenters. The van der Waals surface area contributed by atoms with Gasteiger partial charge >= 0.3 is 0 Å². The zero-order valence-electron chi connectivity index (χ0n) is 11.6. The third-order valence-electron chi connectivity index (χ3n) is 2.69. The van der Waals surface area contributed by atoms with Crippen LogP contribution in [-0.4, -0.2) is 6.10 Å². The van der Waals surface area contributed by atoms with Gasteiger partial charge in [-0.1, -0.05) is 23.2 Å². The number of halogens is 3. The molecule has 0 aliphatic rings. The van der Waals surface area contributed by atoms with E-state index in [-0.39, 0.29) is 6.10 Å². The Hall–Kier alpha value is -1.10. The second-order valence-electron chi connectivity index (χ2n) is 4.77. The molecule has 2 aromatic rings. The van der Waals surface area contributed by atoms with Crippen molar-refractivity contribution in [2.45, 2.75) is 20.0 Å². The zero-order chi connectivity index (χ0) is 15.6. The van der Waals surface area contributed by atoms with Crippen molar-refractivity contribution in [3.63, 3.8) is 0 Å². The predicted octanol–water partition coefficient (Wildman–Crippen LogP) is 5.87. The maximum atomic E-state index is 6.22. The number of rotatable bonds is 4. The Kier molecular flexibility index (Phi) is 5.25. The highest BCUT2D eigenvalue weighted by Crippen LogP contribution is 2.38. The Morgan fingerprint density at radius 1 is 1.14 bits per heavy atom. The minimum Gasteiger partial charge on any atom is -0.489 e. The highest BCUT2D eigenvalue weighted by Gasteiger charge is 2.10. The second kappa shape index (κ2) is 6.77. The number of anilines is 3. The van der Waals surface area contributed by atoms with E-state index in [9.17, 15) is 0 Å². The molecule has 0 amide bonds. The Morgan fingerprint density at radius 3 is 2.52 bits per heavy atom. The molecule has 0 bridgehead atoms. The molecule has 2 aromatic carbocycles. The molecule has 0 saturated carbocycles. The van der Waals surface area contributed by atoms with Crippen LogP contribution in [0.5, 0.6) is 5.75 Å². The van der Waals surface area contributed by atoms with Crippen molar-refractivity contribution in [3.8, 4) is 5.75 Å². The van der Waals surface area contributed by atoms with Gasteiger partial charge in [0.15, 0.2) is 0 Å². The fraction of sp³-hybridized carbons (Fsp3) is 0.200. The summed E-state index contributed by atoms with van der Waals surface area (Å²) in [6.07, 6.45) is 0.0493. The second-order valence-corrected chi connectivity index (χ2v) is 6.38. The molecule has 21 heavy (non-hydrogen) atoms. The zero-order valence-corrected chi connectivity index (χ0v) is 14.7. The van der Waals surface area contributed by atoms with Crippen molar-refractivity contribution in [2.75, 3.05) is 11.1 Å². The molecule has 0 fully saturated rings. The Balaban J connectivity index is 2.30. The normalized spacial score (nSPS) is 10.8. The minimum absolute atomic E-state index is 0.0493. The van der Waals surface area contributed by atoms with E-state index in [1.165, 1.54) is 0 Å². The molecule has 0 aliphatic heterocycles. The molecule has 3 nitrogen and oxygen atoms in total. The lowest BCUT2D eigenvalue weighted by molar-refractivity contribution is 0.244. The molecule has 112 valence electrons. The van der Waals surface area contributed by atoms with E-state index in [2.05, 4.69) is 21.2 Å². The van der Waals surface area contributed by atoms with Gasteiger partial charge in [-0.15, -0.1) is 0 Å². The molecular formula is C15H15BrCl2N2O. The van der Waals surface area contributed by atoms with Crippen molar-refractivity contribution >= 4 is 56.2 Å². The van der Waals surface area contributed by atoms with E-state index in [1.54, 1.807) is 6.07 Å². The summed E-state index contributed by atoms with van der Waals surface area (Å²) >= 11 is 15.7. The molecule has 2 rings (SSSR count). The first-order valence-corrected chi connectivity index (χ1v) is 7.90. The summed E-state index contributed by atoms with van der Waals surface area (Å²) in [5.41, 5.74) is 8.02. The fourth-order valence-electron chi connectivity index (χ4n) is 1.75. The highest BCUT2D eigenvalue weighted by molar-refractivity contribution is 9.10. The van der Waals surface area contributed by atoms with Crippen LogP contribution in [0.3, 0.4) is 0 Å². The first kappa shape index (κ1) is 16.3. The van der Waals surface area contributed by atoms with E-state index in [1.807, 2.05) is 38.1 Å². The number of hydrogen-bond donors (Lipinski definition) is 2. The summed E-state index contributed by atoms with van der Waals surface area (Å²) in [4.78, 5) is 0. The van der Waals surface area contributed by atoms with Crippen LogP contribution in [0.15, 0.2) is 34.8 Å². The summed E-state index contributed by atoms with van der Waals surface area (Å²) in [6.45, 7) is 3.90. The number of nitrogen functional groups attached to an aromatic ring is 1. The first-order chi connectivity index (χ1) is 9.88. The largest absolute Gasteiger partial charge is 0.489 e. The highest BCUT2D eigenvalue weighted by atomic mass is 79.9. The summed E-state index contributed by atoms with van der Waals surface area (Å²) in [5, 5.41) is 4.13. The molecule has 0 aliphatic carbocycles. The quantitative estimate of drug-likeness (QED) is 0.507. The number of nitrogens with one attached hydrogen (secondary N) is 1. The molecule has 0 atom stereocenters. The van der Waals surface area contributed by atoms with Crippen LogP contribution in [0.1, 0.15) is 13.8 Å². The van der Waals surface area contributed by atoms with E-state index in [4.69, 9.17) is 33.7 Å². The van der Waals surface area contributed by atoms with Crippen molar-refractivity contribution in [1.29, 1.82) is 0 Å². The topological polar surface area (TPSA) is 47.3 Å². The van der Waals surface area contributed by atoms with Crippen LogP contribution in [0.2, 0.25) is 10.0 Å². The van der Waals surface area contributed by atoms with E-state index in [0.717, 1.165) is 10.2 Å². The van der Waals surface area contributed by atoms with Gasteiger partial charge in [0, 0.05) is 16.2 Å². The molecule has 0 spiro atoms. The lowest BCUT2D eigenvalue weighted by Crippen LogP contribution is -2.07. The third kappa shape index (κ3) is 3.96. The average molecular weight is 390 g/mol. The molecule has 0 saturated heterocycles. The molecule has 0 heterocycles. The summed E-state index contributed by atoms with van der Waals surface area (Å²) in [6, 6.07) is 9.15. The van der Waals surface area contributed by atoms with Crippen LogP contribution in [0.4, 0.5) is 17.1 Å². The minimum atomic E-state index is 0.0493. The van der Waals surface area contributed by atoms with Gasteiger partial charge in [-0.05, 0) is 54.0 Å².